The standard InChI is InChI=1S/C21H23N3/c1-3-9-17(10-4-1)16-22-20-15-21(24-13-7-2-8-14-24)23-19-12-6-5-11-18(19)20/h1,3-6,9-12,15H,2,7-8,13-14,16H2,(H,22,23). The zero-order valence-corrected chi connectivity index (χ0v) is 13.9. The Morgan fingerprint density at radius 2 is 1.62 bits per heavy atom. The topological polar surface area (TPSA) is 28.2 Å². The molecule has 1 aliphatic heterocycles. The summed E-state index contributed by atoms with van der Waals surface area (Å²) in [6.45, 7) is 3.06. The van der Waals surface area contributed by atoms with Gasteiger partial charge in [0.15, 0.2) is 0 Å². The number of para-hydroxylation sites is 1. The van der Waals surface area contributed by atoms with E-state index in [9.17, 15) is 0 Å². The van der Waals surface area contributed by atoms with Crippen LogP contribution >= 0.6 is 0 Å². The van der Waals surface area contributed by atoms with Crippen LogP contribution in [0.15, 0.2) is 60.7 Å². The quantitative estimate of drug-likeness (QED) is 0.746. The van der Waals surface area contributed by atoms with Crippen molar-refractivity contribution in [3.05, 3.63) is 66.2 Å². The summed E-state index contributed by atoms with van der Waals surface area (Å²) in [5.74, 6) is 1.10. The molecule has 1 saturated heterocycles. The smallest absolute Gasteiger partial charge is 0.131 e. The van der Waals surface area contributed by atoms with Crippen LogP contribution < -0.4 is 10.2 Å². The van der Waals surface area contributed by atoms with E-state index in [1.165, 1.54) is 35.9 Å². The number of anilines is 2. The summed E-state index contributed by atoms with van der Waals surface area (Å²) < 4.78 is 0. The van der Waals surface area contributed by atoms with Crippen LogP contribution in [0.4, 0.5) is 11.5 Å². The fraction of sp³-hybridized carbons (Fsp3) is 0.286. The molecule has 0 saturated carbocycles. The second kappa shape index (κ2) is 6.91. The summed E-state index contributed by atoms with van der Waals surface area (Å²) >= 11 is 0. The van der Waals surface area contributed by atoms with Gasteiger partial charge in [-0.25, -0.2) is 4.98 Å². The minimum absolute atomic E-state index is 0.828. The molecule has 1 fully saturated rings. The average molecular weight is 317 g/mol. The second-order valence-electron chi connectivity index (χ2n) is 6.43. The van der Waals surface area contributed by atoms with Crippen LogP contribution in [0.2, 0.25) is 0 Å². The Balaban J connectivity index is 1.66. The summed E-state index contributed by atoms with van der Waals surface area (Å²) in [6, 6.07) is 21.2. The van der Waals surface area contributed by atoms with Crippen LogP contribution in [0.25, 0.3) is 10.9 Å². The van der Waals surface area contributed by atoms with Crippen molar-refractivity contribution in [3.8, 4) is 0 Å². The van der Waals surface area contributed by atoms with Crippen molar-refractivity contribution in [1.82, 2.24) is 4.98 Å². The first kappa shape index (κ1) is 15.0. The van der Waals surface area contributed by atoms with E-state index in [0.717, 1.165) is 31.0 Å². The Labute approximate surface area is 143 Å². The monoisotopic (exact) mass is 317 g/mol. The average Bonchev–Trinajstić information content (AvgIpc) is 2.67. The molecule has 1 aromatic heterocycles. The molecule has 0 aliphatic carbocycles. The molecule has 0 spiro atoms. The predicted octanol–water partition coefficient (Wildman–Crippen LogP) is 4.84. The number of fused-ring (bicyclic) bond motifs is 1. The Morgan fingerprint density at radius 1 is 0.875 bits per heavy atom. The van der Waals surface area contributed by atoms with Gasteiger partial charge in [-0.3, -0.25) is 0 Å². The van der Waals surface area contributed by atoms with Crippen molar-refractivity contribution in [3.63, 3.8) is 0 Å². The third-order valence-corrected chi connectivity index (χ3v) is 4.71. The maximum atomic E-state index is 4.90. The minimum atomic E-state index is 0.828. The molecule has 3 heteroatoms. The largest absolute Gasteiger partial charge is 0.380 e. The van der Waals surface area contributed by atoms with Crippen LogP contribution in [0.3, 0.4) is 0 Å². The van der Waals surface area contributed by atoms with Gasteiger partial charge >= 0.3 is 0 Å². The number of nitrogens with zero attached hydrogens (tertiary/aromatic N) is 2. The van der Waals surface area contributed by atoms with E-state index < -0.39 is 0 Å². The first-order valence-corrected chi connectivity index (χ1v) is 8.83. The Morgan fingerprint density at radius 3 is 2.46 bits per heavy atom. The van der Waals surface area contributed by atoms with E-state index in [1.807, 2.05) is 0 Å². The van der Waals surface area contributed by atoms with Crippen LogP contribution in [0.1, 0.15) is 24.8 Å². The molecule has 0 atom stereocenters. The lowest BCUT2D eigenvalue weighted by Crippen LogP contribution is -2.30. The lowest BCUT2D eigenvalue weighted by Gasteiger charge is -2.28. The molecule has 3 nitrogen and oxygen atoms in total. The third-order valence-electron chi connectivity index (χ3n) is 4.71. The SMILES string of the molecule is c1ccc(CNc2cc(N3CCCCC3)nc3ccccc23)cc1. The number of piperidine rings is 1. The molecule has 0 radical (unpaired) electrons. The van der Waals surface area contributed by atoms with Gasteiger partial charge in [0.05, 0.1) is 5.52 Å². The third kappa shape index (κ3) is 3.21. The summed E-state index contributed by atoms with van der Waals surface area (Å²) in [5.41, 5.74) is 3.53. The van der Waals surface area contributed by atoms with Crippen molar-refractivity contribution >= 4 is 22.4 Å². The molecule has 2 heterocycles. The molecule has 1 aliphatic rings. The Bertz CT molecular complexity index is 808. The van der Waals surface area contributed by atoms with Crippen LogP contribution in [-0.4, -0.2) is 18.1 Å². The molecule has 0 amide bonds. The summed E-state index contributed by atoms with van der Waals surface area (Å²) in [4.78, 5) is 7.32. The molecule has 122 valence electrons. The first-order valence-electron chi connectivity index (χ1n) is 8.83. The number of pyridine rings is 1. The summed E-state index contributed by atoms with van der Waals surface area (Å²) in [5, 5.41) is 4.81. The van der Waals surface area contributed by atoms with Crippen LogP contribution in [0.5, 0.6) is 0 Å². The van der Waals surface area contributed by atoms with Gasteiger partial charge in [0.25, 0.3) is 0 Å². The molecule has 24 heavy (non-hydrogen) atoms. The van der Waals surface area contributed by atoms with E-state index in [0.29, 0.717) is 0 Å². The summed E-state index contributed by atoms with van der Waals surface area (Å²) in [6.07, 6.45) is 3.87. The highest BCUT2D eigenvalue weighted by molar-refractivity contribution is 5.93. The van der Waals surface area contributed by atoms with Crippen LogP contribution in [-0.2, 0) is 6.54 Å². The molecule has 1 N–H and O–H groups in total. The molecular formula is C21H23N3. The summed E-state index contributed by atoms with van der Waals surface area (Å²) in [7, 11) is 0. The number of hydrogen-bond acceptors (Lipinski definition) is 3. The van der Waals surface area contributed by atoms with Crippen molar-refractivity contribution in [1.29, 1.82) is 0 Å². The molecule has 0 unspecified atom stereocenters. The highest BCUT2D eigenvalue weighted by Gasteiger charge is 2.14. The number of rotatable bonds is 4. The van der Waals surface area contributed by atoms with Gasteiger partial charge in [-0.1, -0.05) is 48.5 Å². The van der Waals surface area contributed by atoms with E-state index in [-0.39, 0.29) is 0 Å². The maximum Gasteiger partial charge on any atom is 0.131 e. The maximum absolute atomic E-state index is 4.90. The number of aromatic nitrogens is 1. The number of hydrogen-bond donors (Lipinski definition) is 1. The van der Waals surface area contributed by atoms with Crippen molar-refractivity contribution < 1.29 is 0 Å². The van der Waals surface area contributed by atoms with E-state index in [2.05, 4.69) is 70.9 Å². The lowest BCUT2D eigenvalue weighted by atomic mass is 10.1. The Kier molecular flexibility index (Phi) is 4.32. The van der Waals surface area contributed by atoms with E-state index in [1.54, 1.807) is 0 Å². The van der Waals surface area contributed by atoms with Crippen molar-refractivity contribution in [2.45, 2.75) is 25.8 Å². The van der Waals surface area contributed by atoms with Crippen molar-refractivity contribution in [2.24, 2.45) is 0 Å². The number of benzene rings is 2. The van der Waals surface area contributed by atoms with Gasteiger partial charge in [0.2, 0.25) is 0 Å². The van der Waals surface area contributed by atoms with Gasteiger partial charge < -0.3 is 10.2 Å². The van der Waals surface area contributed by atoms with Gasteiger partial charge in [-0.2, -0.15) is 0 Å². The van der Waals surface area contributed by atoms with Gasteiger partial charge in [-0.15, -0.1) is 0 Å². The second-order valence-corrected chi connectivity index (χ2v) is 6.43. The molecule has 4 rings (SSSR count). The van der Waals surface area contributed by atoms with E-state index in [4.69, 9.17) is 4.98 Å². The fourth-order valence-electron chi connectivity index (χ4n) is 3.39. The molecule has 3 aromatic rings. The van der Waals surface area contributed by atoms with Gasteiger partial charge in [0, 0.05) is 36.8 Å². The molecular weight excluding hydrogens is 294 g/mol. The van der Waals surface area contributed by atoms with Crippen LogP contribution in [0, 0.1) is 0 Å². The predicted molar refractivity (Wildman–Crippen MR) is 102 cm³/mol. The first-order chi connectivity index (χ1) is 11.9. The highest BCUT2D eigenvalue weighted by Crippen LogP contribution is 2.29. The Hall–Kier alpha value is -2.55. The van der Waals surface area contributed by atoms with E-state index >= 15 is 0 Å². The lowest BCUT2D eigenvalue weighted by molar-refractivity contribution is 0.574. The van der Waals surface area contributed by atoms with Gasteiger partial charge in [0.1, 0.15) is 5.82 Å². The molecule has 0 bridgehead atoms. The van der Waals surface area contributed by atoms with Gasteiger partial charge in [-0.05, 0) is 30.9 Å². The highest BCUT2D eigenvalue weighted by atomic mass is 15.2. The minimum Gasteiger partial charge on any atom is -0.380 e. The normalized spacial score (nSPS) is 14.8. The number of nitrogens with one attached hydrogen (secondary N) is 1. The zero-order valence-electron chi connectivity index (χ0n) is 13.9. The van der Waals surface area contributed by atoms with Crippen molar-refractivity contribution in [2.75, 3.05) is 23.3 Å². The molecule has 2 aromatic carbocycles. The zero-order chi connectivity index (χ0) is 16.2. The fourth-order valence-corrected chi connectivity index (χ4v) is 3.39.